The summed E-state index contributed by atoms with van der Waals surface area (Å²) in [5.74, 6) is 0.490. The van der Waals surface area contributed by atoms with E-state index in [0.717, 1.165) is 38.5 Å². The molecule has 0 aliphatic carbocycles. The lowest BCUT2D eigenvalue weighted by Crippen LogP contribution is -2.59. The van der Waals surface area contributed by atoms with Gasteiger partial charge >= 0.3 is 0 Å². The number of carbonyl (C=O) groups excluding carboxylic acids is 1. The highest BCUT2D eigenvalue weighted by atomic mass is 16.1. The van der Waals surface area contributed by atoms with Crippen LogP contribution in [0, 0.1) is 5.92 Å². The van der Waals surface area contributed by atoms with Gasteiger partial charge in [-0.05, 0) is 38.8 Å². The number of likely N-dealkylation sites (tertiary alicyclic amines) is 1. The molecule has 0 aromatic heterocycles. The van der Waals surface area contributed by atoms with Gasteiger partial charge in [-0.25, -0.2) is 0 Å². The molecule has 0 aromatic rings. The Bertz CT molecular complexity index is 244. The molecule has 1 fully saturated rings. The second-order valence-electron chi connectivity index (χ2n) is 5.25. The summed E-state index contributed by atoms with van der Waals surface area (Å²) in [6.45, 7) is 9.98. The first-order valence-electron chi connectivity index (χ1n) is 6.25. The van der Waals surface area contributed by atoms with Gasteiger partial charge in [0, 0.05) is 13.1 Å². The molecule has 2 unspecified atom stereocenters. The Balaban J connectivity index is 2.53. The van der Waals surface area contributed by atoms with Crippen molar-refractivity contribution < 1.29 is 4.79 Å². The molecular weight excluding hydrogens is 202 g/mol. The topological polar surface area (TPSA) is 58.4 Å². The minimum Gasteiger partial charge on any atom is -0.368 e. The molecule has 2 atom stereocenters. The molecule has 0 saturated carbocycles. The molecule has 0 bridgehead atoms. The van der Waals surface area contributed by atoms with Crippen LogP contribution in [0.1, 0.15) is 33.6 Å². The van der Waals surface area contributed by atoms with Gasteiger partial charge in [-0.3, -0.25) is 4.79 Å². The Morgan fingerprint density at radius 2 is 2.31 bits per heavy atom. The quantitative estimate of drug-likeness (QED) is 0.697. The molecule has 4 nitrogen and oxygen atoms in total. The Morgan fingerprint density at radius 3 is 2.75 bits per heavy atom. The van der Waals surface area contributed by atoms with Crippen LogP contribution >= 0.6 is 0 Å². The number of nitrogens with one attached hydrogen (secondary N) is 1. The Labute approximate surface area is 98.6 Å². The van der Waals surface area contributed by atoms with E-state index in [1.165, 1.54) is 6.42 Å². The molecule has 16 heavy (non-hydrogen) atoms. The molecule has 1 aliphatic heterocycles. The van der Waals surface area contributed by atoms with Gasteiger partial charge in [0.2, 0.25) is 5.91 Å². The zero-order chi connectivity index (χ0) is 12.2. The minimum absolute atomic E-state index is 0.250. The maximum atomic E-state index is 11.5. The van der Waals surface area contributed by atoms with Crippen LogP contribution in [0.25, 0.3) is 0 Å². The Hall–Kier alpha value is -0.610. The summed E-state index contributed by atoms with van der Waals surface area (Å²) in [5, 5.41) is 3.27. The molecule has 3 N–H and O–H groups in total. The van der Waals surface area contributed by atoms with Gasteiger partial charge in [0.25, 0.3) is 0 Å². The normalized spacial score (nSPS) is 25.6. The van der Waals surface area contributed by atoms with E-state index >= 15 is 0 Å². The van der Waals surface area contributed by atoms with Gasteiger partial charge in [0.15, 0.2) is 0 Å². The van der Waals surface area contributed by atoms with Gasteiger partial charge in [0.1, 0.15) is 5.54 Å². The average Bonchev–Trinajstić information content (AvgIpc) is 2.60. The van der Waals surface area contributed by atoms with Gasteiger partial charge in [-0.2, -0.15) is 0 Å². The van der Waals surface area contributed by atoms with E-state index in [1.807, 2.05) is 6.92 Å². The van der Waals surface area contributed by atoms with Crippen LogP contribution in [-0.4, -0.2) is 42.5 Å². The third kappa shape index (κ3) is 3.46. The third-order valence-electron chi connectivity index (χ3n) is 3.36. The fourth-order valence-electron chi connectivity index (χ4n) is 2.24. The van der Waals surface area contributed by atoms with Crippen molar-refractivity contribution in [2.24, 2.45) is 11.7 Å². The van der Waals surface area contributed by atoms with E-state index in [1.54, 1.807) is 0 Å². The highest BCUT2D eigenvalue weighted by molar-refractivity contribution is 5.84. The van der Waals surface area contributed by atoms with Crippen molar-refractivity contribution >= 4 is 5.91 Å². The molecule has 1 saturated heterocycles. The molecular formula is C12H25N3O. The number of nitrogens with two attached hydrogens (primary N) is 1. The third-order valence-corrected chi connectivity index (χ3v) is 3.36. The first kappa shape index (κ1) is 13.5. The maximum absolute atomic E-state index is 11.5. The van der Waals surface area contributed by atoms with Gasteiger partial charge < -0.3 is 16.0 Å². The first-order chi connectivity index (χ1) is 7.48. The molecule has 1 aliphatic rings. The highest BCUT2D eigenvalue weighted by Gasteiger charge is 2.34. The fraction of sp³-hybridized carbons (Fsp3) is 0.917. The molecule has 0 radical (unpaired) electrons. The lowest BCUT2D eigenvalue weighted by Gasteiger charge is -2.32. The monoisotopic (exact) mass is 227 g/mol. The SMILES string of the molecule is CCCNC(C)(CN1CCC(C)C1)C(N)=O. The summed E-state index contributed by atoms with van der Waals surface area (Å²) in [5.41, 5.74) is 4.91. The van der Waals surface area contributed by atoms with Crippen LogP contribution in [-0.2, 0) is 4.79 Å². The summed E-state index contributed by atoms with van der Waals surface area (Å²) < 4.78 is 0. The predicted molar refractivity (Wildman–Crippen MR) is 66.1 cm³/mol. The van der Waals surface area contributed by atoms with E-state index in [-0.39, 0.29) is 5.91 Å². The van der Waals surface area contributed by atoms with E-state index < -0.39 is 5.54 Å². The molecule has 94 valence electrons. The lowest BCUT2D eigenvalue weighted by molar-refractivity contribution is -0.124. The standard InChI is InChI=1S/C12H25N3O/c1-4-6-14-12(3,11(13)16)9-15-7-5-10(2)8-15/h10,14H,4-9H2,1-3H3,(H2,13,16). The molecule has 0 aromatic carbocycles. The highest BCUT2D eigenvalue weighted by Crippen LogP contribution is 2.18. The zero-order valence-electron chi connectivity index (χ0n) is 10.8. The predicted octanol–water partition coefficient (Wildman–Crippen LogP) is 0.572. The Morgan fingerprint density at radius 1 is 1.62 bits per heavy atom. The number of rotatable bonds is 6. The first-order valence-corrected chi connectivity index (χ1v) is 6.25. The van der Waals surface area contributed by atoms with Crippen LogP contribution in [0.15, 0.2) is 0 Å². The largest absolute Gasteiger partial charge is 0.368 e. The van der Waals surface area contributed by atoms with Crippen LogP contribution in [0.5, 0.6) is 0 Å². The second-order valence-corrected chi connectivity index (χ2v) is 5.25. The lowest BCUT2D eigenvalue weighted by atomic mass is 10.0. The summed E-state index contributed by atoms with van der Waals surface area (Å²) in [6, 6.07) is 0. The van der Waals surface area contributed by atoms with Crippen molar-refractivity contribution in [3.63, 3.8) is 0 Å². The van der Waals surface area contributed by atoms with Crippen molar-refractivity contribution in [1.29, 1.82) is 0 Å². The van der Waals surface area contributed by atoms with Crippen LogP contribution in [0.3, 0.4) is 0 Å². The molecule has 1 amide bonds. The van der Waals surface area contributed by atoms with Crippen molar-refractivity contribution in [1.82, 2.24) is 10.2 Å². The van der Waals surface area contributed by atoms with Crippen molar-refractivity contribution in [3.8, 4) is 0 Å². The van der Waals surface area contributed by atoms with Gasteiger partial charge in [-0.1, -0.05) is 13.8 Å². The van der Waals surface area contributed by atoms with Gasteiger partial charge in [-0.15, -0.1) is 0 Å². The summed E-state index contributed by atoms with van der Waals surface area (Å²) in [6.07, 6.45) is 2.24. The Kier molecular flexibility index (Phi) is 4.74. The van der Waals surface area contributed by atoms with E-state index in [2.05, 4.69) is 24.1 Å². The van der Waals surface area contributed by atoms with Crippen LogP contribution in [0.2, 0.25) is 0 Å². The number of carbonyl (C=O) groups is 1. The fourth-order valence-corrected chi connectivity index (χ4v) is 2.24. The smallest absolute Gasteiger partial charge is 0.238 e. The second kappa shape index (κ2) is 5.64. The average molecular weight is 227 g/mol. The van der Waals surface area contributed by atoms with E-state index in [0.29, 0.717) is 0 Å². The van der Waals surface area contributed by atoms with Crippen molar-refractivity contribution in [2.45, 2.75) is 39.2 Å². The van der Waals surface area contributed by atoms with Crippen molar-refractivity contribution in [2.75, 3.05) is 26.2 Å². The zero-order valence-corrected chi connectivity index (χ0v) is 10.8. The van der Waals surface area contributed by atoms with E-state index in [4.69, 9.17) is 5.73 Å². The number of nitrogens with zero attached hydrogens (tertiary/aromatic N) is 1. The number of hydrogen-bond acceptors (Lipinski definition) is 3. The summed E-state index contributed by atoms with van der Waals surface area (Å²) in [4.78, 5) is 13.9. The molecule has 1 heterocycles. The summed E-state index contributed by atoms with van der Waals surface area (Å²) in [7, 11) is 0. The maximum Gasteiger partial charge on any atom is 0.238 e. The molecule has 0 spiro atoms. The number of primary amides is 1. The minimum atomic E-state index is -0.583. The van der Waals surface area contributed by atoms with Crippen LogP contribution < -0.4 is 11.1 Å². The van der Waals surface area contributed by atoms with E-state index in [9.17, 15) is 4.79 Å². The molecule has 1 rings (SSSR count). The van der Waals surface area contributed by atoms with Crippen LogP contribution in [0.4, 0.5) is 0 Å². The number of amides is 1. The summed E-state index contributed by atoms with van der Waals surface area (Å²) >= 11 is 0. The molecule has 4 heteroatoms. The van der Waals surface area contributed by atoms with Crippen molar-refractivity contribution in [3.05, 3.63) is 0 Å². The van der Waals surface area contributed by atoms with Gasteiger partial charge in [0.05, 0.1) is 0 Å². The number of hydrogen-bond donors (Lipinski definition) is 2.